The quantitative estimate of drug-likeness (QED) is 0.914. The normalized spacial score (nSPS) is 11.9. The van der Waals surface area contributed by atoms with Gasteiger partial charge in [-0.15, -0.1) is 0 Å². The van der Waals surface area contributed by atoms with E-state index in [-0.39, 0.29) is 6.61 Å². The minimum absolute atomic E-state index is 0.0981. The van der Waals surface area contributed by atoms with E-state index in [1.54, 1.807) is 30.3 Å². The molecule has 0 heterocycles. The summed E-state index contributed by atoms with van der Waals surface area (Å²) in [5.41, 5.74) is 0.543. The zero-order valence-electron chi connectivity index (χ0n) is 10.4. The number of carboxylic acid groups (broad SMARTS) is 1. The highest BCUT2D eigenvalue weighted by atomic mass is 35.5. The van der Waals surface area contributed by atoms with Crippen molar-refractivity contribution in [2.24, 2.45) is 0 Å². The number of carbonyl (C=O) groups is 1. The number of benzene rings is 2. The van der Waals surface area contributed by atoms with Crippen molar-refractivity contribution in [2.75, 3.05) is 6.61 Å². The smallest absolute Gasteiger partial charge is 0.314 e. The number of aliphatic carboxylic acids is 1. The van der Waals surface area contributed by atoms with Gasteiger partial charge in [0.1, 0.15) is 24.1 Å². The lowest BCUT2D eigenvalue weighted by Crippen LogP contribution is -2.19. The van der Waals surface area contributed by atoms with Gasteiger partial charge >= 0.3 is 5.97 Å². The Hall–Kier alpha value is -2.07. The van der Waals surface area contributed by atoms with Crippen molar-refractivity contribution in [3.8, 4) is 5.75 Å². The molecule has 2 aromatic rings. The second-order valence-corrected chi connectivity index (χ2v) is 4.65. The second kappa shape index (κ2) is 6.39. The first kappa shape index (κ1) is 14.3. The lowest BCUT2D eigenvalue weighted by atomic mass is 10.0. The first-order valence-electron chi connectivity index (χ1n) is 5.93. The highest BCUT2D eigenvalue weighted by Crippen LogP contribution is 2.22. The molecule has 104 valence electrons. The van der Waals surface area contributed by atoms with Crippen molar-refractivity contribution >= 4 is 17.6 Å². The molecule has 20 heavy (non-hydrogen) atoms. The Morgan fingerprint density at radius 1 is 1.25 bits per heavy atom. The predicted molar refractivity (Wildman–Crippen MR) is 73.7 cm³/mol. The number of hydrogen-bond donors (Lipinski definition) is 1. The van der Waals surface area contributed by atoms with E-state index < -0.39 is 17.7 Å². The molecular formula is C15H12ClFO3. The second-order valence-electron chi connectivity index (χ2n) is 4.21. The summed E-state index contributed by atoms with van der Waals surface area (Å²) in [6.45, 7) is -0.0981. The van der Waals surface area contributed by atoms with E-state index in [0.29, 0.717) is 16.3 Å². The van der Waals surface area contributed by atoms with Gasteiger partial charge in [0.05, 0.1) is 0 Å². The fourth-order valence-electron chi connectivity index (χ4n) is 1.77. The van der Waals surface area contributed by atoms with Gasteiger partial charge in [0, 0.05) is 11.1 Å². The minimum Gasteiger partial charge on any atom is -0.492 e. The molecule has 0 aliphatic rings. The molecule has 1 N–H and O–H groups in total. The van der Waals surface area contributed by atoms with Crippen molar-refractivity contribution in [3.63, 3.8) is 0 Å². The molecule has 0 aliphatic carbocycles. The van der Waals surface area contributed by atoms with Crippen molar-refractivity contribution in [3.05, 3.63) is 64.9 Å². The Morgan fingerprint density at radius 2 is 2.00 bits per heavy atom. The van der Waals surface area contributed by atoms with E-state index in [4.69, 9.17) is 16.3 Å². The van der Waals surface area contributed by atoms with E-state index >= 15 is 0 Å². The number of hydrogen-bond acceptors (Lipinski definition) is 2. The molecule has 0 amide bonds. The molecule has 0 bridgehead atoms. The molecule has 1 unspecified atom stereocenters. The summed E-state index contributed by atoms with van der Waals surface area (Å²) < 4.78 is 18.4. The van der Waals surface area contributed by atoms with Gasteiger partial charge in [0.25, 0.3) is 0 Å². The van der Waals surface area contributed by atoms with E-state index in [1.807, 2.05) is 0 Å². The standard InChI is InChI=1S/C15H12ClFO3/c16-11-4-1-3-10(7-11)14(15(18)19)9-20-13-6-2-5-12(17)8-13/h1-8,14H,9H2,(H,18,19). The van der Waals surface area contributed by atoms with Crippen molar-refractivity contribution in [1.82, 2.24) is 0 Å². The molecule has 0 radical (unpaired) electrons. The fourth-order valence-corrected chi connectivity index (χ4v) is 1.97. The van der Waals surface area contributed by atoms with Crippen LogP contribution >= 0.6 is 11.6 Å². The highest BCUT2D eigenvalue weighted by molar-refractivity contribution is 6.30. The van der Waals surface area contributed by atoms with Crippen LogP contribution in [0.4, 0.5) is 4.39 Å². The van der Waals surface area contributed by atoms with Crippen LogP contribution in [0.3, 0.4) is 0 Å². The third kappa shape index (κ3) is 3.71. The van der Waals surface area contributed by atoms with Crippen molar-refractivity contribution in [1.29, 1.82) is 0 Å². The maximum atomic E-state index is 13.0. The summed E-state index contributed by atoms with van der Waals surface area (Å²) in [6.07, 6.45) is 0. The van der Waals surface area contributed by atoms with Crippen LogP contribution in [0.1, 0.15) is 11.5 Å². The number of ether oxygens (including phenoxy) is 1. The van der Waals surface area contributed by atoms with E-state index in [0.717, 1.165) is 0 Å². The summed E-state index contributed by atoms with van der Waals surface area (Å²) in [4.78, 5) is 11.3. The Balaban J connectivity index is 2.13. The molecular weight excluding hydrogens is 283 g/mol. The van der Waals surface area contributed by atoms with Gasteiger partial charge in [-0.1, -0.05) is 29.8 Å². The van der Waals surface area contributed by atoms with Gasteiger partial charge in [0.2, 0.25) is 0 Å². The molecule has 2 aromatic carbocycles. The van der Waals surface area contributed by atoms with Gasteiger partial charge < -0.3 is 9.84 Å². The van der Waals surface area contributed by atoms with Crippen LogP contribution in [-0.4, -0.2) is 17.7 Å². The Bertz CT molecular complexity index is 616. The number of carboxylic acids is 1. The van der Waals surface area contributed by atoms with Gasteiger partial charge in [-0.2, -0.15) is 0 Å². The number of rotatable bonds is 5. The summed E-state index contributed by atoms with van der Waals surface area (Å²) in [5, 5.41) is 9.71. The average molecular weight is 295 g/mol. The molecule has 0 spiro atoms. The van der Waals surface area contributed by atoms with Crippen LogP contribution in [0.2, 0.25) is 5.02 Å². The minimum atomic E-state index is -1.02. The molecule has 1 atom stereocenters. The summed E-state index contributed by atoms with van der Waals surface area (Å²) in [7, 11) is 0. The molecule has 0 aliphatic heterocycles. The third-order valence-electron chi connectivity index (χ3n) is 2.76. The Kier molecular flexibility index (Phi) is 4.58. The zero-order chi connectivity index (χ0) is 14.5. The summed E-state index contributed by atoms with van der Waals surface area (Å²) in [5.74, 6) is -2.03. The molecule has 0 aromatic heterocycles. The van der Waals surface area contributed by atoms with E-state index in [9.17, 15) is 14.3 Å². The molecule has 0 fully saturated rings. The lowest BCUT2D eigenvalue weighted by molar-refractivity contribution is -0.139. The van der Waals surface area contributed by atoms with Gasteiger partial charge in [-0.25, -0.2) is 4.39 Å². The van der Waals surface area contributed by atoms with Gasteiger partial charge in [-0.3, -0.25) is 4.79 Å². The highest BCUT2D eigenvalue weighted by Gasteiger charge is 2.21. The SMILES string of the molecule is O=C(O)C(COc1cccc(F)c1)c1cccc(Cl)c1. The fraction of sp³-hybridized carbons (Fsp3) is 0.133. The molecule has 2 rings (SSSR count). The van der Waals surface area contributed by atoms with E-state index in [2.05, 4.69) is 0 Å². The Labute approximate surface area is 120 Å². The third-order valence-corrected chi connectivity index (χ3v) is 3.00. The Morgan fingerprint density at radius 3 is 2.65 bits per heavy atom. The molecule has 0 saturated carbocycles. The average Bonchev–Trinajstić information content (AvgIpc) is 2.38. The first-order chi connectivity index (χ1) is 9.56. The lowest BCUT2D eigenvalue weighted by Gasteiger charge is -2.14. The van der Waals surface area contributed by atoms with Crippen LogP contribution in [0, 0.1) is 5.82 Å². The summed E-state index contributed by atoms with van der Waals surface area (Å²) >= 11 is 5.85. The molecule has 0 saturated heterocycles. The largest absolute Gasteiger partial charge is 0.492 e. The van der Waals surface area contributed by atoms with Crippen LogP contribution in [0.15, 0.2) is 48.5 Å². The van der Waals surface area contributed by atoms with Crippen LogP contribution in [0.25, 0.3) is 0 Å². The molecule has 5 heteroatoms. The van der Waals surface area contributed by atoms with Gasteiger partial charge in [0.15, 0.2) is 0 Å². The van der Waals surface area contributed by atoms with Crippen molar-refractivity contribution in [2.45, 2.75) is 5.92 Å². The zero-order valence-corrected chi connectivity index (χ0v) is 11.2. The van der Waals surface area contributed by atoms with Crippen LogP contribution in [-0.2, 0) is 4.79 Å². The first-order valence-corrected chi connectivity index (χ1v) is 6.30. The van der Waals surface area contributed by atoms with Gasteiger partial charge in [-0.05, 0) is 29.8 Å². The van der Waals surface area contributed by atoms with Crippen LogP contribution < -0.4 is 4.74 Å². The topological polar surface area (TPSA) is 46.5 Å². The summed E-state index contributed by atoms with van der Waals surface area (Å²) in [6, 6.07) is 12.2. The number of halogens is 2. The van der Waals surface area contributed by atoms with E-state index in [1.165, 1.54) is 18.2 Å². The maximum absolute atomic E-state index is 13.0. The monoisotopic (exact) mass is 294 g/mol. The van der Waals surface area contributed by atoms with Crippen LogP contribution in [0.5, 0.6) is 5.75 Å². The maximum Gasteiger partial charge on any atom is 0.314 e. The van der Waals surface area contributed by atoms with Crippen molar-refractivity contribution < 1.29 is 19.0 Å². The molecule has 3 nitrogen and oxygen atoms in total. The predicted octanol–water partition coefficient (Wildman–Crippen LogP) is 3.73.